The van der Waals surface area contributed by atoms with E-state index in [9.17, 15) is 0 Å². The minimum atomic E-state index is -0.833. The summed E-state index contributed by atoms with van der Waals surface area (Å²) in [6.45, 7) is 3.25. The summed E-state index contributed by atoms with van der Waals surface area (Å²) in [5, 5.41) is 22.2. The van der Waals surface area contributed by atoms with E-state index in [1.165, 1.54) is 0 Å². The molecule has 0 aliphatic heterocycles. The number of hydrogen-bond acceptors (Lipinski definition) is 3. The van der Waals surface area contributed by atoms with Gasteiger partial charge in [-0.2, -0.15) is 0 Å². The standard InChI is InChI=1S/3C2H4O2.BH4.K/c3*1-2(3)4;;/h3*1H3,(H,3,4);1H4;/q;;;-1;+1. The summed E-state index contributed by atoms with van der Waals surface area (Å²) in [7, 11) is 0. The van der Waals surface area contributed by atoms with Gasteiger partial charge in [0.2, 0.25) is 0 Å². The van der Waals surface area contributed by atoms with E-state index in [0.717, 1.165) is 20.8 Å². The van der Waals surface area contributed by atoms with Crippen molar-refractivity contribution in [2.75, 3.05) is 0 Å². The average molecular weight is 234 g/mol. The fraction of sp³-hybridized carbons (Fsp3) is 0.500. The van der Waals surface area contributed by atoms with Crippen molar-refractivity contribution in [1.29, 1.82) is 0 Å². The summed E-state index contributed by atoms with van der Waals surface area (Å²) < 4.78 is 0. The molecule has 6 nitrogen and oxygen atoms in total. The van der Waals surface area contributed by atoms with Gasteiger partial charge >= 0.3 is 51.4 Å². The molecule has 0 amide bonds. The van der Waals surface area contributed by atoms with Gasteiger partial charge in [-0.15, -0.1) is 0 Å². The number of rotatable bonds is 0. The quantitative estimate of drug-likeness (QED) is 0.366. The molecular formula is C6H16BKO6. The molecule has 0 aromatic heterocycles. The maximum atomic E-state index is 9.00. The van der Waals surface area contributed by atoms with Gasteiger partial charge in [0.1, 0.15) is 0 Å². The van der Waals surface area contributed by atoms with E-state index in [1.807, 2.05) is 0 Å². The molecule has 0 saturated heterocycles. The average Bonchev–Trinajstić information content (AvgIpc) is 1.54. The molecule has 0 rings (SSSR count). The van der Waals surface area contributed by atoms with Crippen molar-refractivity contribution >= 4 is 26.3 Å². The SMILES string of the molecule is CC(=O)O.CC(=O)O.CC(=O)O.[BH4-].[K+]. The fourth-order valence-electron chi connectivity index (χ4n) is 0. The number of carbonyl (C=O) groups is 3. The van der Waals surface area contributed by atoms with Gasteiger partial charge in [0.15, 0.2) is 0 Å². The molecule has 3 N–H and O–H groups in total. The first kappa shape index (κ1) is 29.2. The fourth-order valence-corrected chi connectivity index (χ4v) is 0. The van der Waals surface area contributed by atoms with E-state index in [0.29, 0.717) is 0 Å². The zero-order valence-electron chi connectivity index (χ0n) is 8.07. The van der Waals surface area contributed by atoms with Gasteiger partial charge in [-0.3, -0.25) is 14.4 Å². The monoisotopic (exact) mass is 234 g/mol. The Hall–Kier alpha value is 0.111. The van der Waals surface area contributed by atoms with Gasteiger partial charge in [-0.1, -0.05) is 8.41 Å². The van der Waals surface area contributed by atoms with Crippen LogP contribution >= 0.6 is 0 Å². The largest absolute Gasteiger partial charge is 1.00 e. The molecule has 0 radical (unpaired) electrons. The van der Waals surface area contributed by atoms with Crippen molar-refractivity contribution in [3.63, 3.8) is 0 Å². The first-order valence-corrected chi connectivity index (χ1v) is 2.78. The van der Waals surface area contributed by atoms with Crippen LogP contribution in [0.2, 0.25) is 0 Å². The topological polar surface area (TPSA) is 112 Å². The molecule has 8 heteroatoms. The summed E-state index contributed by atoms with van der Waals surface area (Å²) >= 11 is 0. The summed E-state index contributed by atoms with van der Waals surface area (Å²) in [5.74, 6) is -2.50. The molecule has 14 heavy (non-hydrogen) atoms. The molecule has 0 spiro atoms. The summed E-state index contributed by atoms with van der Waals surface area (Å²) in [6.07, 6.45) is 0. The second kappa shape index (κ2) is 23.2. The van der Waals surface area contributed by atoms with Crippen molar-refractivity contribution in [2.45, 2.75) is 20.8 Å². The second-order valence-corrected chi connectivity index (χ2v) is 1.56. The van der Waals surface area contributed by atoms with Crippen LogP contribution in [0.4, 0.5) is 0 Å². The van der Waals surface area contributed by atoms with E-state index in [2.05, 4.69) is 0 Å². The number of aliphatic carboxylic acids is 3. The molecule has 0 aromatic carbocycles. The van der Waals surface area contributed by atoms with Crippen molar-refractivity contribution in [3.8, 4) is 0 Å². The Kier molecular flexibility index (Phi) is 48.4. The zero-order valence-corrected chi connectivity index (χ0v) is 11.2. The van der Waals surface area contributed by atoms with Crippen LogP contribution < -0.4 is 51.4 Å². The van der Waals surface area contributed by atoms with E-state index < -0.39 is 17.9 Å². The summed E-state index contributed by atoms with van der Waals surface area (Å²) in [5.41, 5.74) is 0. The van der Waals surface area contributed by atoms with E-state index >= 15 is 0 Å². The van der Waals surface area contributed by atoms with Crippen LogP contribution in [-0.4, -0.2) is 41.6 Å². The van der Waals surface area contributed by atoms with Crippen LogP contribution in [0.25, 0.3) is 0 Å². The van der Waals surface area contributed by atoms with Crippen LogP contribution in [0.1, 0.15) is 20.8 Å². The van der Waals surface area contributed by atoms with Gasteiger partial charge in [0.05, 0.1) is 0 Å². The number of carboxylic acid groups (broad SMARTS) is 3. The molecule has 0 aliphatic rings. The summed E-state index contributed by atoms with van der Waals surface area (Å²) in [6, 6.07) is 0. The van der Waals surface area contributed by atoms with Gasteiger partial charge in [0.25, 0.3) is 17.9 Å². The van der Waals surface area contributed by atoms with Crippen LogP contribution in [0, 0.1) is 0 Å². The molecular weight excluding hydrogens is 218 g/mol. The van der Waals surface area contributed by atoms with Crippen LogP contribution in [0.5, 0.6) is 0 Å². The second-order valence-electron chi connectivity index (χ2n) is 1.56. The molecule has 0 unspecified atom stereocenters. The third-order valence-corrected chi connectivity index (χ3v) is 0. The predicted molar refractivity (Wildman–Crippen MR) is 51.3 cm³/mol. The third kappa shape index (κ3) is 121000. The number of hydrogen-bond donors (Lipinski definition) is 3. The van der Waals surface area contributed by atoms with Crippen molar-refractivity contribution in [2.24, 2.45) is 0 Å². The number of carboxylic acids is 3. The Morgan fingerprint density at radius 1 is 0.714 bits per heavy atom. The van der Waals surface area contributed by atoms with Crippen LogP contribution in [-0.2, 0) is 14.4 Å². The molecule has 0 heterocycles. The Morgan fingerprint density at radius 3 is 0.714 bits per heavy atom. The Bertz CT molecular complexity index is 120. The Balaban J connectivity index is -0.0000000270. The Labute approximate surface area is 127 Å². The Morgan fingerprint density at radius 2 is 0.714 bits per heavy atom. The molecule has 0 aliphatic carbocycles. The zero-order chi connectivity index (χ0) is 10.7. The van der Waals surface area contributed by atoms with E-state index in [-0.39, 0.29) is 59.8 Å². The molecule has 0 fully saturated rings. The third-order valence-electron chi connectivity index (χ3n) is 0. The molecule has 0 atom stereocenters. The van der Waals surface area contributed by atoms with Crippen LogP contribution in [0.3, 0.4) is 0 Å². The van der Waals surface area contributed by atoms with Gasteiger partial charge < -0.3 is 15.3 Å². The predicted octanol–water partition coefficient (Wildman–Crippen LogP) is -4.17. The summed E-state index contributed by atoms with van der Waals surface area (Å²) in [4.78, 5) is 27.0. The van der Waals surface area contributed by atoms with Gasteiger partial charge in [-0.25, -0.2) is 0 Å². The van der Waals surface area contributed by atoms with Gasteiger partial charge in [0, 0.05) is 20.8 Å². The van der Waals surface area contributed by atoms with E-state index in [4.69, 9.17) is 29.7 Å². The van der Waals surface area contributed by atoms with Gasteiger partial charge in [-0.05, 0) is 0 Å². The molecule has 0 saturated carbocycles. The first-order chi connectivity index (χ1) is 5.20. The van der Waals surface area contributed by atoms with Crippen molar-refractivity contribution in [3.05, 3.63) is 0 Å². The van der Waals surface area contributed by atoms with E-state index in [1.54, 1.807) is 0 Å². The normalized spacial score (nSPS) is 5.36. The molecule has 80 valence electrons. The maximum Gasteiger partial charge on any atom is 1.00 e. The van der Waals surface area contributed by atoms with Crippen molar-refractivity contribution in [1.82, 2.24) is 0 Å². The smallest absolute Gasteiger partial charge is 0.481 e. The first-order valence-electron chi connectivity index (χ1n) is 2.78. The van der Waals surface area contributed by atoms with Crippen LogP contribution in [0.15, 0.2) is 0 Å². The van der Waals surface area contributed by atoms with Crippen molar-refractivity contribution < 1.29 is 81.1 Å². The maximum absolute atomic E-state index is 9.00. The molecule has 0 bridgehead atoms. The minimum Gasteiger partial charge on any atom is -0.481 e. The minimum absolute atomic E-state index is 0. The molecule has 0 aromatic rings.